The van der Waals surface area contributed by atoms with Crippen LogP contribution in [0, 0.1) is 44.6 Å². The van der Waals surface area contributed by atoms with Crippen LogP contribution in [-0.2, 0) is 25.7 Å². The molecule has 0 spiro atoms. The van der Waals surface area contributed by atoms with Gasteiger partial charge in [-0.05, 0) is 61.7 Å². The molecule has 0 aromatic heterocycles. The molecule has 1 aromatic rings. The average Bonchev–Trinajstić information content (AvgIpc) is 3.17. The molecule has 2 unspecified atom stereocenters. The second kappa shape index (κ2) is 9.92. The largest absolute Gasteiger partial charge is 0.509 e. The quantitative estimate of drug-likeness (QED) is 0.301. The number of ketones is 2. The van der Waals surface area contributed by atoms with Gasteiger partial charge in [-0.2, -0.15) is 0 Å². The van der Waals surface area contributed by atoms with Gasteiger partial charge in [-0.3, -0.25) is 19.7 Å². The van der Waals surface area contributed by atoms with E-state index < -0.39 is 52.6 Å². The van der Waals surface area contributed by atoms with E-state index in [2.05, 4.69) is 13.8 Å². The molecule has 40 heavy (non-hydrogen) atoms. The number of Topliss-reactive ketones (excluding diaryl/α,β-unsaturated/α-hetero) is 1. The minimum Gasteiger partial charge on any atom is -0.429 e. The van der Waals surface area contributed by atoms with Crippen molar-refractivity contribution in [1.82, 2.24) is 0 Å². The molecule has 0 radical (unpaired) electrons. The minimum absolute atomic E-state index is 0.0260. The Morgan fingerprint density at radius 2 is 1.93 bits per heavy atom. The molecule has 8 atom stereocenters. The summed E-state index contributed by atoms with van der Waals surface area (Å²) in [7, 11) is 0. The summed E-state index contributed by atoms with van der Waals surface area (Å²) >= 11 is 0. The van der Waals surface area contributed by atoms with Crippen molar-refractivity contribution >= 4 is 23.4 Å². The predicted octanol–water partition coefficient (Wildman–Crippen LogP) is 4.07. The maximum Gasteiger partial charge on any atom is 0.509 e. The van der Waals surface area contributed by atoms with Crippen LogP contribution >= 0.6 is 0 Å². The lowest BCUT2D eigenvalue weighted by Gasteiger charge is -2.60. The predicted molar refractivity (Wildman–Crippen MR) is 142 cm³/mol. The van der Waals surface area contributed by atoms with Crippen LogP contribution in [0.4, 0.5) is 10.5 Å². The number of hydrogen-bond donors (Lipinski definition) is 2. The number of rotatable bonds is 6. The zero-order valence-corrected chi connectivity index (χ0v) is 22.9. The summed E-state index contributed by atoms with van der Waals surface area (Å²) in [6, 6.07) is 5.81. The maximum atomic E-state index is 13.4. The maximum absolute atomic E-state index is 13.4. The Labute approximate surface area is 232 Å². The van der Waals surface area contributed by atoms with E-state index in [1.165, 1.54) is 18.2 Å². The molecular weight excluding hydrogens is 518 g/mol. The van der Waals surface area contributed by atoms with Crippen molar-refractivity contribution in [3.05, 3.63) is 63.7 Å². The van der Waals surface area contributed by atoms with Crippen LogP contribution in [0.2, 0.25) is 0 Å². The van der Waals surface area contributed by atoms with Crippen molar-refractivity contribution in [3.8, 4) is 0 Å². The van der Waals surface area contributed by atoms with Gasteiger partial charge in [-0.15, -0.1) is 0 Å². The Morgan fingerprint density at radius 1 is 1.20 bits per heavy atom. The van der Waals surface area contributed by atoms with Gasteiger partial charge < -0.3 is 19.7 Å². The van der Waals surface area contributed by atoms with E-state index in [0.717, 1.165) is 12.0 Å². The summed E-state index contributed by atoms with van der Waals surface area (Å²) in [4.78, 5) is 48.3. The molecule has 0 amide bonds. The summed E-state index contributed by atoms with van der Waals surface area (Å²) in [5, 5.41) is 34.5. The van der Waals surface area contributed by atoms with Crippen molar-refractivity contribution in [1.29, 1.82) is 0 Å². The van der Waals surface area contributed by atoms with Crippen molar-refractivity contribution in [2.75, 3.05) is 6.61 Å². The van der Waals surface area contributed by atoms with Gasteiger partial charge in [0.2, 0.25) is 5.78 Å². The fourth-order valence-electron chi connectivity index (χ4n) is 8.45. The van der Waals surface area contributed by atoms with Crippen LogP contribution in [0.15, 0.2) is 48.1 Å². The zero-order valence-electron chi connectivity index (χ0n) is 22.9. The van der Waals surface area contributed by atoms with Crippen molar-refractivity contribution in [3.63, 3.8) is 0 Å². The minimum atomic E-state index is -1.80. The van der Waals surface area contributed by atoms with Gasteiger partial charge in [0, 0.05) is 22.8 Å². The van der Waals surface area contributed by atoms with Crippen LogP contribution in [0.1, 0.15) is 52.0 Å². The van der Waals surface area contributed by atoms with Crippen molar-refractivity contribution < 1.29 is 39.0 Å². The molecule has 0 bridgehead atoms. The normalized spacial score (nSPS) is 38.0. The second-order valence-corrected chi connectivity index (χ2v) is 12.3. The van der Waals surface area contributed by atoms with E-state index >= 15 is 0 Å². The molecule has 214 valence electrons. The van der Waals surface area contributed by atoms with E-state index in [1.807, 2.05) is 13.0 Å². The number of aliphatic hydroxyl groups excluding tert-OH is 1. The van der Waals surface area contributed by atoms with Gasteiger partial charge in [0.1, 0.15) is 12.2 Å². The van der Waals surface area contributed by atoms with Crippen LogP contribution < -0.4 is 0 Å². The Balaban J connectivity index is 1.28. The van der Waals surface area contributed by atoms with E-state index in [9.17, 15) is 34.7 Å². The molecule has 0 saturated heterocycles. The molecule has 5 rings (SSSR count). The number of aliphatic hydroxyl groups is 2. The first-order chi connectivity index (χ1) is 18.8. The first kappa shape index (κ1) is 28.2. The summed E-state index contributed by atoms with van der Waals surface area (Å²) < 4.78 is 10.0. The van der Waals surface area contributed by atoms with E-state index in [1.54, 1.807) is 18.2 Å². The molecule has 0 heterocycles. The van der Waals surface area contributed by atoms with Crippen LogP contribution in [0.5, 0.6) is 0 Å². The van der Waals surface area contributed by atoms with Gasteiger partial charge in [0.05, 0.1) is 16.6 Å². The van der Waals surface area contributed by atoms with Gasteiger partial charge in [-0.25, -0.2) is 4.79 Å². The van der Waals surface area contributed by atoms with E-state index in [0.29, 0.717) is 6.42 Å². The molecule has 1 aromatic carbocycles. The lowest BCUT2D eigenvalue weighted by atomic mass is 9.45. The Hall–Kier alpha value is -3.37. The standard InChI is InChI=1S/C30H35NO9/c1-17-12-20-21-9-11-30(36,25(34)16-40-27(35)39-15-18-6-4-5-7-23(18)31(37)38)29(21,3)14-24(33)26(20)28(2)10-8-19(32)13-22(17)28/h4-8,10,13,17,20-21,24,26,33,36H,9,11-12,14-16H2,1-3H3/t17?,20-,21-,24?,26+,28-,29-,30-/m0/s1. The van der Waals surface area contributed by atoms with Crippen molar-refractivity contribution in [2.24, 2.45) is 34.5 Å². The lowest BCUT2D eigenvalue weighted by molar-refractivity contribution is -0.385. The number of carbonyl (C=O) groups excluding carboxylic acids is 3. The molecule has 4 aliphatic rings. The third-order valence-corrected chi connectivity index (χ3v) is 10.3. The highest BCUT2D eigenvalue weighted by molar-refractivity contribution is 6.01. The van der Waals surface area contributed by atoms with Crippen molar-refractivity contribution in [2.45, 2.75) is 64.8 Å². The lowest BCUT2D eigenvalue weighted by Crippen LogP contribution is -2.62. The molecule has 3 fully saturated rings. The van der Waals surface area contributed by atoms with Gasteiger partial charge >= 0.3 is 6.16 Å². The third-order valence-electron chi connectivity index (χ3n) is 10.3. The number of carbonyl (C=O) groups is 3. The van der Waals surface area contributed by atoms with Gasteiger partial charge in [0.25, 0.3) is 5.69 Å². The number of fused-ring (bicyclic) bond motifs is 5. The summed E-state index contributed by atoms with van der Waals surface area (Å²) in [6.45, 7) is 4.87. The second-order valence-electron chi connectivity index (χ2n) is 12.3. The molecule has 10 heteroatoms. The molecule has 2 N–H and O–H groups in total. The topological polar surface area (TPSA) is 153 Å². The average molecular weight is 554 g/mol. The molecule has 4 aliphatic carbocycles. The number of para-hydroxylation sites is 1. The van der Waals surface area contributed by atoms with Crippen LogP contribution in [0.3, 0.4) is 0 Å². The number of benzene rings is 1. The highest BCUT2D eigenvalue weighted by Crippen LogP contribution is 2.67. The summed E-state index contributed by atoms with van der Waals surface area (Å²) in [6.07, 6.45) is 4.90. The van der Waals surface area contributed by atoms with Gasteiger partial charge in [-0.1, -0.05) is 44.6 Å². The summed E-state index contributed by atoms with van der Waals surface area (Å²) in [5.41, 5.74) is -2.22. The highest BCUT2D eigenvalue weighted by Gasteiger charge is 2.68. The number of allylic oxidation sites excluding steroid dienone is 4. The first-order valence-electron chi connectivity index (χ1n) is 13.7. The number of ether oxygens (including phenoxy) is 2. The Kier molecular flexibility index (Phi) is 6.99. The SMILES string of the molecule is CC1C[C@@H]2[C@H](C(O)C[C@@]3(C)[C@H]2CC[C@]3(O)C(=O)COC(=O)OCc2ccccc2[N+](=O)[O-])[C@@]2(C)C=CC(=O)C=C12. The fraction of sp³-hybridized carbons (Fsp3) is 0.567. The van der Waals surface area contributed by atoms with Gasteiger partial charge in [0.15, 0.2) is 12.4 Å². The zero-order chi connectivity index (χ0) is 29.0. The molecular formula is C30H35NO9. The Bertz CT molecular complexity index is 1320. The molecule has 10 nitrogen and oxygen atoms in total. The van der Waals surface area contributed by atoms with E-state index in [4.69, 9.17) is 9.47 Å². The first-order valence-corrected chi connectivity index (χ1v) is 13.7. The monoisotopic (exact) mass is 553 g/mol. The number of nitro groups is 1. The third kappa shape index (κ3) is 4.28. The number of nitrogens with zero attached hydrogens (tertiary/aromatic N) is 1. The smallest absolute Gasteiger partial charge is 0.429 e. The fourth-order valence-corrected chi connectivity index (χ4v) is 8.45. The summed E-state index contributed by atoms with van der Waals surface area (Å²) in [5.74, 6) is -0.773. The number of hydrogen-bond acceptors (Lipinski definition) is 9. The highest BCUT2D eigenvalue weighted by atomic mass is 16.7. The molecule has 3 saturated carbocycles. The van der Waals surface area contributed by atoms with E-state index in [-0.39, 0.29) is 53.5 Å². The number of nitro benzene ring substituents is 1. The van der Waals surface area contributed by atoms with Crippen LogP contribution in [0.25, 0.3) is 0 Å². The van der Waals surface area contributed by atoms with Crippen LogP contribution in [-0.4, -0.2) is 51.2 Å². The molecule has 0 aliphatic heterocycles. The Morgan fingerprint density at radius 3 is 2.65 bits per heavy atom.